The zero-order chi connectivity index (χ0) is 22.0. The van der Waals surface area contributed by atoms with Crippen LogP contribution in [0.4, 0.5) is 0 Å². The van der Waals surface area contributed by atoms with Gasteiger partial charge in [-0.05, 0) is 12.5 Å². The molecular formula is C29H18N4Pt. The van der Waals surface area contributed by atoms with Gasteiger partial charge in [0.2, 0.25) is 0 Å². The van der Waals surface area contributed by atoms with Gasteiger partial charge < -0.3 is 4.98 Å². The van der Waals surface area contributed by atoms with Crippen LogP contribution in [0.5, 0.6) is 0 Å². The summed E-state index contributed by atoms with van der Waals surface area (Å²) >= 11 is 0. The maximum absolute atomic E-state index is 4.79. The molecule has 0 atom stereocenters. The minimum atomic E-state index is 0. The first-order chi connectivity index (χ1) is 16.3. The van der Waals surface area contributed by atoms with Crippen LogP contribution in [0.25, 0.3) is 44.3 Å². The second kappa shape index (κ2) is 9.62. The van der Waals surface area contributed by atoms with Crippen LogP contribution in [0.1, 0.15) is 11.1 Å². The zero-order valence-corrected chi connectivity index (χ0v) is 20.3. The second-order valence-electron chi connectivity index (χ2n) is 7.86. The Labute approximate surface area is 212 Å². The molecule has 0 radical (unpaired) electrons. The molecule has 0 aliphatic rings. The number of benzene rings is 4. The van der Waals surface area contributed by atoms with Crippen LogP contribution in [-0.4, -0.2) is 19.9 Å². The van der Waals surface area contributed by atoms with Gasteiger partial charge in [0, 0.05) is 35.9 Å². The van der Waals surface area contributed by atoms with Crippen molar-refractivity contribution in [2.45, 2.75) is 6.42 Å². The Morgan fingerprint density at radius 3 is 2.44 bits per heavy atom. The van der Waals surface area contributed by atoms with Crippen molar-refractivity contribution in [3.05, 3.63) is 121 Å². The van der Waals surface area contributed by atoms with Crippen molar-refractivity contribution in [3.63, 3.8) is 0 Å². The maximum Gasteiger partial charge on any atom is 2.00 e. The zero-order valence-electron chi connectivity index (χ0n) is 18.0. The van der Waals surface area contributed by atoms with Gasteiger partial charge >= 0.3 is 21.1 Å². The Hall–Kier alpha value is -3.75. The van der Waals surface area contributed by atoms with Gasteiger partial charge in [-0.3, -0.25) is 15.0 Å². The van der Waals surface area contributed by atoms with E-state index in [0.29, 0.717) is 12.2 Å². The first kappa shape index (κ1) is 22.1. The van der Waals surface area contributed by atoms with Gasteiger partial charge in [-0.25, -0.2) is 0 Å². The molecule has 4 aromatic carbocycles. The van der Waals surface area contributed by atoms with Crippen LogP contribution in [0.15, 0.2) is 97.6 Å². The number of hydrogen-bond donors (Lipinski definition) is 0. The van der Waals surface area contributed by atoms with Gasteiger partial charge in [0.05, 0.1) is 11.3 Å². The number of fused-ring (bicyclic) bond motifs is 2. The Kier molecular flexibility index (Phi) is 6.24. The Morgan fingerprint density at radius 2 is 1.56 bits per heavy atom. The molecule has 164 valence electrons. The molecule has 0 bridgehead atoms. The fraction of sp³-hybridized carbons (Fsp3) is 0.0345. The molecule has 0 aliphatic heterocycles. The van der Waals surface area contributed by atoms with Crippen molar-refractivity contribution < 1.29 is 21.1 Å². The first-order valence-electron chi connectivity index (χ1n) is 10.8. The Balaban J connectivity index is 0.00000241. The molecule has 0 N–H and O–H groups in total. The average molecular weight is 618 g/mol. The molecule has 0 spiro atoms. The molecular weight excluding hydrogens is 599 g/mol. The molecule has 0 amide bonds. The topological polar surface area (TPSA) is 51.6 Å². The second-order valence-corrected chi connectivity index (χ2v) is 7.86. The van der Waals surface area contributed by atoms with Crippen molar-refractivity contribution >= 4 is 21.7 Å². The van der Waals surface area contributed by atoms with E-state index in [2.05, 4.69) is 63.5 Å². The third-order valence-corrected chi connectivity index (χ3v) is 5.66. The molecule has 4 nitrogen and oxygen atoms in total. The van der Waals surface area contributed by atoms with Gasteiger partial charge in [0.25, 0.3) is 0 Å². The van der Waals surface area contributed by atoms with E-state index < -0.39 is 0 Å². The molecule has 5 heteroatoms. The third-order valence-electron chi connectivity index (χ3n) is 5.66. The number of para-hydroxylation sites is 1. The largest absolute Gasteiger partial charge is 2.00 e. The first-order valence-corrected chi connectivity index (χ1v) is 10.8. The van der Waals surface area contributed by atoms with E-state index in [1.807, 2.05) is 42.6 Å². The summed E-state index contributed by atoms with van der Waals surface area (Å²) in [5.41, 5.74) is 5.71. The van der Waals surface area contributed by atoms with Gasteiger partial charge in [0.15, 0.2) is 0 Å². The van der Waals surface area contributed by atoms with Crippen molar-refractivity contribution in [2.24, 2.45) is 0 Å². The quantitative estimate of drug-likeness (QED) is 0.225. The molecule has 0 fully saturated rings. The van der Waals surface area contributed by atoms with Crippen LogP contribution >= 0.6 is 0 Å². The maximum atomic E-state index is 4.79. The fourth-order valence-electron chi connectivity index (χ4n) is 4.08. The minimum absolute atomic E-state index is 0. The van der Waals surface area contributed by atoms with E-state index >= 15 is 0 Å². The minimum Gasteiger partial charge on any atom is -0.302 e. The smallest absolute Gasteiger partial charge is 0.302 e. The molecule has 2 heterocycles. The predicted octanol–water partition coefficient (Wildman–Crippen LogP) is 6.10. The van der Waals surface area contributed by atoms with Gasteiger partial charge in [-0.2, -0.15) is 0 Å². The summed E-state index contributed by atoms with van der Waals surface area (Å²) in [7, 11) is 0. The predicted molar refractivity (Wildman–Crippen MR) is 130 cm³/mol. The van der Waals surface area contributed by atoms with E-state index in [0.717, 1.165) is 44.2 Å². The summed E-state index contributed by atoms with van der Waals surface area (Å²) in [6, 6.07) is 31.7. The van der Waals surface area contributed by atoms with E-state index in [4.69, 9.17) is 4.98 Å². The van der Waals surface area contributed by atoms with Crippen molar-refractivity contribution in [1.29, 1.82) is 0 Å². The van der Waals surface area contributed by atoms with Gasteiger partial charge in [-0.15, -0.1) is 64.0 Å². The van der Waals surface area contributed by atoms with E-state index in [1.54, 1.807) is 18.6 Å². The summed E-state index contributed by atoms with van der Waals surface area (Å²) in [5, 5.41) is 3.33. The molecule has 6 aromatic rings. The van der Waals surface area contributed by atoms with Crippen molar-refractivity contribution in [1.82, 2.24) is 19.9 Å². The van der Waals surface area contributed by atoms with Crippen LogP contribution < -0.4 is 0 Å². The number of aromatic nitrogens is 4. The Morgan fingerprint density at radius 1 is 0.706 bits per heavy atom. The van der Waals surface area contributed by atoms with E-state index in [9.17, 15) is 0 Å². The van der Waals surface area contributed by atoms with Crippen LogP contribution in [-0.2, 0) is 27.5 Å². The average Bonchev–Trinajstić information content (AvgIpc) is 2.89. The van der Waals surface area contributed by atoms with Crippen molar-refractivity contribution in [3.8, 4) is 22.6 Å². The summed E-state index contributed by atoms with van der Waals surface area (Å²) in [4.78, 5) is 18.0. The summed E-state index contributed by atoms with van der Waals surface area (Å²) in [6.45, 7) is 0. The van der Waals surface area contributed by atoms with Gasteiger partial charge in [-0.1, -0.05) is 47.9 Å². The number of hydrogen-bond acceptors (Lipinski definition) is 4. The standard InChI is InChI=1S/C29H18N4.Pt/c1-3-10-26-21(7-1)16-25(29-32-18-23-8-2-4-11-27(23)33-29)17-24(26)15-20-6-5-9-22(14-20)28-19-30-12-13-31-28;/h1-13,16,18-19H,15H2;/q-2;+2. The molecule has 6 rings (SSSR count). The fourth-order valence-corrected chi connectivity index (χ4v) is 4.08. The summed E-state index contributed by atoms with van der Waals surface area (Å²) < 4.78 is 0. The number of nitrogens with zero attached hydrogens (tertiary/aromatic N) is 4. The monoisotopic (exact) mass is 617 g/mol. The van der Waals surface area contributed by atoms with E-state index in [-0.39, 0.29) is 21.1 Å². The molecule has 0 unspecified atom stereocenters. The van der Waals surface area contributed by atoms with Gasteiger partial charge in [0.1, 0.15) is 0 Å². The van der Waals surface area contributed by atoms with E-state index in [1.165, 1.54) is 5.39 Å². The normalized spacial score (nSPS) is 10.8. The van der Waals surface area contributed by atoms with Crippen LogP contribution in [0.2, 0.25) is 0 Å². The van der Waals surface area contributed by atoms with Crippen LogP contribution in [0.3, 0.4) is 0 Å². The SMILES string of the molecule is [Pt+2].[c-]1c(Cc2[c-]c(-c3ncc4ccccc4n3)cc3ccccc23)cccc1-c1cnccn1. The summed E-state index contributed by atoms with van der Waals surface area (Å²) in [5.74, 6) is 0.679. The molecule has 0 saturated carbocycles. The molecule has 2 aromatic heterocycles. The molecule has 34 heavy (non-hydrogen) atoms. The molecule has 0 saturated heterocycles. The summed E-state index contributed by atoms with van der Waals surface area (Å²) in [6.07, 6.45) is 7.70. The number of rotatable bonds is 4. The molecule has 0 aliphatic carbocycles. The third kappa shape index (κ3) is 4.37. The Bertz CT molecular complexity index is 1600. The van der Waals surface area contributed by atoms with Crippen molar-refractivity contribution in [2.75, 3.05) is 0 Å². The van der Waals surface area contributed by atoms with Crippen LogP contribution in [0, 0.1) is 12.1 Å².